The lowest BCUT2D eigenvalue weighted by Crippen LogP contribution is -2.42. The van der Waals surface area contributed by atoms with Crippen molar-refractivity contribution in [2.75, 3.05) is 0 Å². The van der Waals surface area contributed by atoms with Gasteiger partial charge in [0, 0.05) is 23.1 Å². The first-order valence-electron chi connectivity index (χ1n) is 10.2. The van der Waals surface area contributed by atoms with Crippen LogP contribution < -0.4 is 5.32 Å². The highest BCUT2D eigenvalue weighted by Gasteiger charge is 2.22. The Morgan fingerprint density at radius 2 is 1.34 bits per heavy atom. The van der Waals surface area contributed by atoms with E-state index in [0.717, 1.165) is 10.8 Å². The van der Waals surface area contributed by atoms with Crippen LogP contribution in [0.1, 0.15) is 31.8 Å². The zero-order valence-corrected chi connectivity index (χ0v) is 17.2. The fourth-order valence-electron chi connectivity index (χ4n) is 3.64. The van der Waals surface area contributed by atoms with Crippen molar-refractivity contribution >= 4 is 28.4 Å². The second-order valence-corrected chi connectivity index (χ2v) is 7.49. The number of hydrogen-bond acceptors (Lipinski definition) is 3. The lowest BCUT2D eigenvalue weighted by Gasteiger charge is -2.16. The molecule has 4 rings (SSSR count). The molecule has 0 bridgehead atoms. The number of carboxylic acids is 1. The van der Waals surface area contributed by atoms with Gasteiger partial charge in [-0.3, -0.25) is 9.59 Å². The van der Waals surface area contributed by atoms with Gasteiger partial charge in [-0.25, -0.2) is 4.79 Å². The van der Waals surface area contributed by atoms with Crippen molar-refractivity contribution in [1.29, 1.82) is 0 Å². The van der Waals surface area contributed by atoms with E-state index in [1.165, 1.54) is 0 Å². The number of rotatable bonds is 7. The molecule has 0 unspecified atom stereocenters. The molecule has 0 aliphatic rings. The number of fused-ring (bicyclic) bond motifs is 1. The van der Waals surface area contributed by atoms with Crippen LogP contribution in [0.25, 0.3) is 10.8 Å². The minimum atomic E-state index is -1.12. The Morgan fingerprint density at radius 1 is 0.719 bits per heavy atom. The molecule has 0 aromatic heterocycles. The van der Waals surface area contributed by atoms with Gasteiger partial charge in [-0.2, -0.15) is 0 Å². The molecule has 0 saturated heterocycles. The number of carbonyl (C=O) groups is 3. The summed E-state index contributed by atoms with van der Waals surface area (Å²) < 4.78 is 0. The highest BCUT2D eigenvalue weighted by Crippen LogP contribution is 2.19. The van der Waals surface area contributed by atoms with Gasteiger partial charge in [0.2, 0.25) is 0 Å². The molecule has 4 aromatic rings. The van der Waals surface area contributed by atoms with Gasteiger partial charge in [0.15, 0.2) is 5.78 Å². The molecular weight excluding hydrogens is 402 g/mol. The molecule has 0 aliphatic heterocycles. The fourth-order valence-corrected chi connectivity index (χ4v) is 3.64. The number of benzene rings is 4. The summed E-state index contributed by atoms with van der Waals surface area (Å²) in [6, 6.07) is 27.5. The van der Waals surface area contributed by atoms with E-state index in [-0.39, 0.29) is 12.2 Å². The second kappa shape index (κ2) is 9.27. The van der Waals surface area contributed by atoms with Crippen LogP contribution in [0.15, 0.2) is 97.1 Å². The van der Waals surface area contributed by atoms with Gasteiger partial charge in [0.05, 0.1) is 0 Å². The Hall–Kier alpha value is -4.25. The summed E-state index contributed by atoms with van der Waals surface area (Å²) in [6.07, 6.45) is 0.103. The van der Waals surface area contributed by atoms with Gasteiger partial charge in [-0.15, -0.1) is 0 Å². The number of hydrogen-bond donors (Lipinski definition) is 2. The quantitative estimate of drug-likeness (QED) is 0.429. The first kappa shape index (κ1) is 21.0. The van der Waals surface area contributed by atoms with E-state index in [1.54, 1.807) is 60.7 Å². The summed E-state index contributed by atoms with van der Waals surface area (Å²) in [4.78, 5) is 37.2. The van der Waals surface area contributed by atoms with Crippen LogP contribution in [-0.4, -0.2) is 28.8 Å². The Labute approximate surface area is 185 Å². The van der Waals surface area contributed by atoms with Crippen LogP contribution in [0.2, 0.25) is 0 Å². The SMILES string of the molecule is O=C(c1ccccc1)c1ccc(C[C@H](NC(=O)c2cccc3ccccc23)C(=O)O)cc1. The number of carbonyl (C=O) groups excluding carboxylic acids is 2. The van der Waals surface area contributed by atoms with Crippen molar-refractivity contribution < 1.29 is 19.5 Å². The third kappa shape index (κ3) is 4.57. The smallest absolute Gasteiger partial charge is 0.326 e. The highest BCUT2D eigenvalue weighted by molar-refractivity contribution is 6.09. The lowest BCUT2D eigenvalue weighted by molar-refractivity contribution is -0.139. The second-order valence-electron chi connectivity index (χ2n) is 7.49. The van der Waals surface area contributed by atoms with Crippen LogP contribution in [0.4, 0.5) is 0 Å². The average Bonchev–Trinajstić information content (AvgIpc) is 2.83. The molecule has 1 amide bonds. The van der Waals surface area contributed by atoms with Crippen molar-refractivity contribution in [3.63, 3.8) is 0 Å². The van der Waals surface area contributed by atoms with Gasteiger partial charge in [-0.05, 0) is 22.4 Å². The molecule has 0 heterocycles. The van der Waals surface area contributed by atoms with Crippen molar-refractivity contribution in [2.24, 2.45) is 0 Å². The van der Waals surface area contributed by atoms with Crippen molar-refractivity contribution in [2.45, 2.75) is 12.5 Å². The number of amides is 1. The van der Waals surface area contributed by atoms with E-state index in [9.17, 15) is 19.5 Å². The lowest BCUT2D eigenvalue weighted by atomic mass is 9.99. The van der Waals surface area contributed by atoms with E-state index in [2.05, 4.69) is 5.32 Å². The molecule has 0 radical (unpaired) electrons. The molecule has 158 valence electrons. The summed E-state index contributed by atoms with van der Waals surface area (Å²) in [7, 11) is 0. The standard InChI is InChI=1S/C27H21NO4/c29-25(20-8-2-1-3-9-20)21-15-13-18(14-16-21)17-24(27(31)32)28-26(30)23-12-6-10-19-7-4-5-11-22(19)23/h1-16,24H,17H2,(H,28,30)(H,31,32)/t24-/m0/s1. The summed E-state index contributed by atoms with van der Waals surface area (Å²) in [5.41, 5.74) is 2.25. The van der Waals surface area contributed by atoms with Crippen molar-refractivity contribution in [3.05, 3.63) is 119 Å². The molecule has 1 atom stereocenters. The molecule has 32 heavy (non-hydrogen) atoms. The van der Waals surface area contributed by atoms with Crippen LogP contribution in [0.5, 0.6) is 0 Å². The molecule has 5 nitrogen and oxygen atoms in total. The third-order valence-corrected chi connectivity index (χ3v) is 5.33. The first-order chi connectivity index (χ1) is 15.5. The molecular formula is C27H21NO4. The van der Waals surface area contributed by atoms with Gasteiger partial charge in [0.25, 0.3) is 5.91 Å². The average molecular weight is 423 g/mol. The Morgan fingerprint density at radius 3 is 2.06 bits per heavy atom. The van der Waals surface area contributed by atoms with E-state index < -0.39 is 17.9 Å². The highest BCUT2D eigenvalue weighted by atomic mass is 16.4. The largest absolute Gasteiger partial charge is 0.480 e. The third-order valence-electron chi connectivity index (χ3n) is 5.33. The zero-order chi connectivity index (χ0) is 22.5. The summed E-state index contributed by atoms with van der Waals surface area (Å²) in [5, 5.41) is 14.0. The van der Waals surface area contributed by atoms with Gasteiger partial charge in [-0.1, -0.05) is 91.0 Å². The number of carboxylic acid groups (broad SMARTS) is 1. The van der Waals surface area contributed by atoms with Gasteiger partial charge in [0.1, 0.15) is 6.04 Å². The van der Waals surface area contributed by atoms with Crippen molar-refractivity contribution in [3.8, 4) is 0 Å². The topological polar surface area (TPSA) is 83.5 Å². The normalized spacial score (nSPS) is 11.6. The van der Waals surface area contributed by atoms with Crippen molar-refractivity contribution in [1.82, 2.24) is 5.32 Å². The molecule has 0 saturated carbocycles. The number of nitrogens with one attached hydrogen (secondary N) is 1. The minimum absolute atomic E-state index is 0.101. The molecule has 5 heteroatoms. The van der Waals surface area contributed by atoms with Crippen LogP contribution in [-0.2, 0) is 11.2 Å². The minimum Gasteiger partial charge on any atom is -0.480 e. The van der Waals surface area contributed by atoms with Gasteiger partial charge < -0.3 is 10.4 Å². The zero-order valence-electron chi connectivity index (χ0n) is 17.2. The number of aliphatic carboxylic acids is 1. The van der Waals surface area contributed by atoms with Crippen LogP contribution >= 0.6 is 0 Å². The molecule has 0 aliphatic carbocycles. The first-order valence-corrected chi connectivity index (χ1v) is 10.2. The maximum absolute atomic E-state index is 12.8. The predicted octanol–water partition coefficient (Wildman–Crippen LogP) is 4.50. The maximum atomic E-state index is 12.8. The Bertz CT molecular complexity index is 1270. The predicted molar refractivity (Wildman–Crippen MR) is 123 cm³/mol. The summed E-state index contributed by atoms with van der Waals surface area (Å²) in [6.45, 7) is 0. The van der Waals surface area contributed by atoms with E-state index >= 15 is 0 Å². The fraction of sp³-hybridized carbons (Fsp3) is 0.0741. The molecule has 2 N–H and O–H groups in total. The maximum Gasteiger partial charge on any atom is 0.326 e. The summed E-state index contributed by atoms with van der Waals surface area (Å²) >= 11 is 0. The van der Waals surface area contributed by atoms with E-state index in [1.807, 2.05) is 36.4 Å². The molecule has 0 fully saturated rings. The van der Waals surface area contributed by atoms with Gasteiger partial charge >= 0.3 is 5.97 Å². The number of ketones is 1. The molecule has 0 spiro atoms. The van der Waals surface area contributed by atoms with Crippen LogP contribution in [0, 0.1) is 0 Å². The molecule has 4 aromatic carbocycles. The monoisotopic (exact) mass is 423 g/mol. The van der Waals surface area contributed by atoms with E-state index in [0.29, 0.717) is 22.3 Å². The van der Waals surface area contributed by atoms with Crippen LogP contribution in [0.3, 0.4) is 0 Å². The Kier molecular flexibility index (Phi) is 6.08. The Balaban J connectivity index is 1.49. The summed E-state index contributed by atoms with van der Waals surface area (Å²) in [5.74, 6) is -1.66. The van der Waals surface area contributed by atoms with E-state index in [4.69, 9.17) is 0 Å².